The first-order valence-corrected chi connectivity index (χ1v) is 4.92. The highest BCUT2D eigenvalue weighted by atomic mass is 32.1. The zero-order valence-corrected chi connectivity index (χ0v) is 9.13. The lowest BCUT2D eigenvalue weighted by Gasteiger charge is -2.23. The number of hydrogen-bond donors (Lipinski definition) is 2. The molecule has 0 heterocycles. The molecule has 3 heteroatoms. The van der Waals surface area contributed by atoms with Gasteiger partial charge in [0.2, 0.25) is 0 Å². The van der Waals surface area contributed by atoms with Crippen molar-refractivity contribution in [1.82, 2.24) is 5.32 Å². The summed E-state index contributed by atoms with van der Waals surface area (Å²) < 4.78 is 0. The first kappa shape index (κ1) is 11.8. The van der Waals surface area contributed by atoms with E-state index in [-0.39, 0.29) is 5.41 Å². The normalized spacial score (nSPS) is 11.6. The summed E-state index contributed by atoms with van der Waals surface area (Å²) in [6.45, 7) is 8.24. The van der Waals surface area contributed by atoms with Crippen molar-refractivity contribution in [3.8, 4) is 0 Å². The predicted octanol–water partition coefficient (Wildman–Crippen LogP) is 1.69. The monoisotopic (exact) mass is 188 g/mol. The first-order valence-electron chi connectivity index (χ1n) is 4.51. The maximum absolute atomic E-state index is 5.58. The number of hydrogen-bond acceptors (Lipinski definition) is 2. The third-order valence-electron chi connectivity index (χ3n) is 1.94. The summed E-state index contributed by atoms with van der Waals surface area (Å²) in [6.07, 6.45) is 2.44. The quantitative estimate of drug-likeness (QED) is 0.492. The van der Waals surface area contributed by atoms with E-state index in [1.807, 2.05) is 0 Å². The molecule has 2 nitrogen and oxygen atoms in total. The van der Waals surface area contributed by atoms with Crippen molar-refractivity contribution in [3.63, 3.8) is 0 Å². The lowest BCUT2D eigenvalue weighted by molar-refractivity contribution is 0.464. The van der Waals surface area contributed by atoms with E-state index in [0.29, 0.717) is 4.99 Å². The van der Waals surface area contributed by atoms with Crippen LogP contribution in [0.25, 0.3) is 0 Å². The molecule has 0 aliphatic heterocycles. The Labute approximate surface area is 80.9 Å². The van der Waals surface area contributed by atoms with Gasteiger partial charge in [-0.25, -0.2) is 0 Å². The van der Waals surface area contributed by atoms with Crippen LogP contribution in [0.15, 0.2) is 0 Å². The van der Waals surface area contributed by atoms with Gasteiger partial charge in [0.1, 0.15) is 0 Å². The molecule has 0 aliphatic carbocycles. The summed E-state index contributed by atoms with van der Waals surface area (Å²) in [7, 11) is 0. The molecule has 0 aromatic heterocycles. The van der Waals surface area contributed by atoms with E-state index in [2.05, 4.69) is 26.1 Å². The van der Waals surface area contributed by atoms with Crippen LogP contribution in [-0.2, 0) is 0 Å². The van der Waals surface area contributed by atoms with E-state index < -0.39 is 0 Å². The molecular weight excluding hydrogens is 168 g/mol. The average Bonchev–Trinajstić information content (AvgIpc) is 1.98. The van der Waals surface area contributed by atoms with Crippen LogP contribution in [0, 0.1) is 5.41 Å². The van der Waals surface area contributed by atoms with Crippen molar-refractivity contribution >= 4 is 17.2 Å². The van der Waals surface area contributed by atoms with Gasteiger partial charge in [-0.3, -0.25) is 0 Å². The molecule has 3 N–H and O–H groups in total. The Hall–Kier alpha value is -0.150. The molecule has 0 unspecified atom stereocenters. The van der Waals surface area contributed by atoms with E-state index in [4.69, 9.17) is 18.0 Å². The fraction of sp³-hybridized carbons (Fsp3) is 0.889. The van der Waals surface area contributed by atoms with Crippen molar-refractivity contribution in [2.75, 3.05) is 13.1 Å². The lowest BCUT2D eigenvalue weighted by Crippen LogP contribution is -2.39. The number of thiocarbonyl (C=S) groups is 1. The summed E-state index contributed by atoms with van der Waals surface area (Å²) in [6, 6.07) is 0. The molecule has 0 fully saturated rings. The third-order valence-corrected chi connectivity index (χ3v) is 2.49. The zero-order valence-electron chi connectivity index (χ0n) is 8.31. The van der Waals surface area contributed by atoms with Gasteiger partial charge in [0.15, 0.2) is 0 Å². The van der Waals surface area contributed by atoms with Crippen LogP contribution in [0.3, 0.4) is 0 Å². The number of unbranched alkanes of at least 4 members (excludes halogenated alkanes) is 1. The number of rotatable bonds is 6. The fourth-order valence-electron chi connectivity index (χ4n) is 0.790. The van der Waals surface area contributed by atoms with Crippen LogP contribution < -0.4 is 11.1 Å². The molecule has 0 rings (SSSR count). The smallest absolute Gasteiger partial charge is 0.0797 e. The second kappa shape index (κ2) is 5.49. The lowest BCUT2D eigenvalue weighted by atomic mass is 9.93. The van der Waals surface area contributed by atoms with Gasteiger partial charge in [-0.05, 0) is 13.0 Å². The van der Waals surface area contributed by atoms with Gasteiger partial charge in [-0.1, -0.05) is 39.4 Å². The van der Waals surface area contributed by atoms with Gasteiger partial charge in [-0.15, -0.1) is 0 Å². The van der Waals surface area contributed by atoms with Crippen molar-refractivity contribution in [2.24, 2.45) is 11.1 Å². The van der Waals surface area contributed by atoms with Gasteiger partial charge in [0, 0.05) is 12.0 Å². The topological polar surface area (TPSA) is 38.0 Å². The summed E-state index contributed by atoms with van der Waals surface area (Å²) in [5.41, 5.74) is 5.52. The van der Waals surface area contributed by atoms with Crippen LogP contribution in [0.2, 0.25) is 0 Å². The van der Waals surface area contributed by atoms with E-state index in [1.54, 1.807) is 0 Å². The molecule has 72 valence electrons. The molecule has 0 atom stereocenters. The maximum atomic E-state index is 5.58. The Kier molecular flexibility index (Phi) is 5.42. The summed E-state index contributed by atoms with van der Waals surface area (Å²) in [4.78, 5) is 0.589. The third kappa shape index (κ3) is 4.67. The summed E-state index contributed by atoms with van der Waals surface area (Å²) in [5, 5.41) is 3.34. The Balaban J connectivity index is 3.54. The van der Waals surface area contributed by atoms with E-state index in [9.17, 15) is 0 Å². The number of nitrogens with one attached hydrogen (secondary N) is 1. The summed E-state index contributed by atoms with van der Waals surface area (Å²) >= 11 is 4.95. The van der Waals surface area contributed by atoms with Gasteiger partial charge in [0.25, 0.3) is 0 Å². The van der Waals surface area contributed by atoms with Crippen LogP contribution >= 0.6 is 12.2 Å². The molecule has 12 heavy (non-hydrogen) atoms. The molecule has 0 radical (unpaired) electrons. The minimum Gasteiger partial charge on any atom is -0.393 e. The van der Waals surface area contributed by atoms with E-state index >= 15 is 0 Å². The molecule has 0 spiro atoms. The van der Waals surface area contributed by atoms with Gasteiger partial charge < -0.3 is 11.1 Å². The zero-order chi connectivity index (χ0) is 9.61. The van der Waals surface area contributed by atoms with E-state index in [0.717, 1.165) is 13.1 Å². The standard InChI is InChI=1S/C9H20N2S/c1-4-5-6-11-7-9(2,3)8(10)12/h11H,4-7H2,1-3H3,(H2,10,12). The highest BCUT2D eigenvalue weighted by Crippen LogP contribution is 2.13. The van der Waals surface area contributed by atoms with Crippen LogP contribution in [0.4, 0.5) is 0 Å². The molecule has 0 amide bonds. The Morgan fingerprint density at radius 1 is 1.50 bits per heavy atom. The van der Waals surface area contributed by atoms with Gasteiger partial charge in [-0.2, -0.15) is 0 Å². The second-order valence-electron chi connectivity index (χ2n) is 3.78. The summed E-state index contributed by atoms with van der Waals surface area (Å²) in [5.74, 6) is 0. The van der Waals surface area contributed by atoms with Crippen LogP contribution in [0.5, 0.6) is 0 Å². The fourth-order valence-corrected chi connectivity index (χ4v) is 0.862. The van der Waals surface area contributed by atoms with Crippen LogP contribution in [-0.4, -0.2) is 18.1 Å². The number of nitrogens with two attached hydrogens (primary N) is 1. The molecule has 0 bridgehead atoms. The highest BCUT2D eigenvalue weighted by Gasteiger charge is 2.19. The van der Waals surface area contributed by atoms with Crippen molar-refractivity contribution in [1.29, 1.82) is 0 Å². The van der Waals surface area contributed by atoms with Crippen molar-refractivity contribution < 1.29 is 0 Å². The Morgan fingerprint density at radius 2 is 2.08 bits per heavy atom. The SMILES string of the molecule is CCCCNCC(C)(C)C(N)=S. The molecular formula is C9H20N2S. The van der Waals surface area contributed by atoms with Gasteiger partial charge in [0.05, 0.1) is 4.99 Å². The maximum Gasteiger partial charge on any atom is 0.0797 e. The predicted molar refractivity (Wildman–Crippen MR) is 58.3 cm³/mol. The largest absolute Gasteiger partial charge is 0.393 e. The Morgan fingerprint density at radius 3 is 2.50 bits per heavy atom. The average molecular weight is 188 g/mol. The molecule has 0 saturated carbocycles. The van der Waals surface area contributed by atoms with Crippen molar-refractivity contribution in [2.45, 2.75) is 33.6 Å². The highest BCUT2D eigenvalue weighted by molar-refractivity contribution is 7.80. The Bertz CT molecular complexity index is 143. The molecule has 0 saturated heterocycles. The van der Waals surface area contributed by atoms with Crippen LogP contribution in [0.1, 0.15) is 33.6 Å². The molecule has 0 aliphatic rings. The molecule has 0 aromatic rings. The first-order chi connectivity index (χ1) is 5.50. The minimum absolute atomic E-state index is 0.0525. The van der Waals surface area contributed by atoms with E-state index in [1.165, 1.54) is 12.8 Å². The molecule has 0 aromatic carbocycles. The van der Waals surface area contributed by atoms with Crippen molar-refractivity contribution in [3.05, 3.63) is 0 Å². The second-order valence-corrected chi connectivity index (χ2v) is 4.22. The minimum atomic E-state index is -0.0525. The van der Waals surface area contributed by atoms with Gasteiger partial charge >= 0.3 is 0 Å².